The van der Waals surface area contributed by atoms with Gasteiger partial charge in [-0.1, -0.05) is 19.2 Å². The lowest BCUT2D eigenvalue weighted by atomic mass is 10.3. The van der Waals surface area contributed by atoms with Crippen molar-refractivity contribution in [2.45, 2.75) is 12.5 Å². The van der Waals surface area contributed by atoms with Crippen molar-refractivity contribution in [3.63, 3.8) is 0 Å². The smallest absolute Gasteiger partial charge is 0.170 e. The number of hydrogen-bond donors (Lipinski definition) is 0. The summed E-state index contributed by atoms with van der Waals surface area (Å²) < 4.78 is 0. The van der Waals surface area contributed by atoms with Crippen LogP contribution in [-0.2, 0) is 0 Å². The van der Waals surface area contributed by atoms with Gasteiger partial charge < -0.3 is 0 Å². The predicted molar refractivity (Wildman–Crippen MR) is 53.0 cm³/mol. The molecule has 0 aliphatic carbocycles. The Morgan fingerprint density at radius 1 is 1.43 bits per heavy atom. The lowest BCUT2D eigenvalue weighted by molar-refractivity contribution is 0.794. The first-order valence-electron chi connectivity index (χ1n) is 3.91. The SMILES string of the molecule is C=C/C=C(\C=C)N=NC(C#N)CC#N. The van der Waals surface area contributed by atoms with Crippen LogP contribution in [0.1, 0.15) is 6.42 Å². The Kier molecular flexibility index (Phi) is 6.28. The van der Waals surface area contributed by atoms with Gasteiger partial charge in [-0.3, -0.25) is 0 Å². The molecule has 0 fully saturated rings. The van der Waals surface area contributed by atoms with Crippen LogP contribution < -0.4 is 0 Å². The average Bonchev–Trinajstić information content (AvgIpc) is 2.22. The first-order valence-corrected chi connectivity index (χ1v) is 3.91. The van der Waals surface area contributed by atoms with Crippen molar-refractivity contribution >= 4 is 0 Å². The molecule has 0 amide bonds. The number of nitrogens with zero attached hydrogens (tertiary/aromatic N) is 4. The zero-order valence-corrected chi connectivity index (χ0v) is 7.72. The lowest BCUT2D eigenvalue weighted by Gasteiger charge is -1.94. The highest BCUT2D eigenvalue weighted by molar-refractivity contribution is 5.19. The average molecular weight is 186 g/mol. The maximum Gasteiger partial charge on any atom is 0.170 e. The third-order valence-electron chi connectivity index (χ3n) is 1.24. The Balaban J connectivity index is 4.48. The molecule has 0 aliphatic heterocycles. The fourth-order valence-corrected chi connectivity index (χ4v) is 0.598. The minimum absolute atomic E-state index is 0.0402. The summed E-state index contributed by atoms with van der Waals surface area (Å²) in [7, 11) is 0. The van der Waals surface area contributed by atoms with E-state index in [0.29, 0.717) is 5.70 Å². The summed E-state index contributed by atoms with van der Waals surface area (Å²) in [5, 5.41) is 24.3. The molecule has 0 radical (unpaired) electrons. The fourth-order valence-electron chi connectivity index (χ4n) is 0.598. The highest BCUT2D eigenvalue weighted by Gasteiger charge is 2.02. The Morgan fingerprint density at radius 3 is 2.57 bits per heavy atom. The van der Waals surface area contributed by atoms with Gasteiger partial charge in [0.2, 0.25) is 0 Å². The number of rotatable bonds is 5. The maximum atomic E-state index is 8.55. The van der Waals surface area contributed by atoms with Gasteiger partial charge in [0, 0.05) is 0 Å². The topological polar surface area (TPSA) is 72.3 Å². The molecule has 0 N–H and O–H groups in total. The normalized spacial score (nSPS) is 12.9. The number of allylic oxidation sites excluding steroid dienone is 3. The molecule has 0 aromatic heterocycles. The van der Waals surface area contributed by atoms with Gasteiger partial charge in [-0.05, 0) is 12.2 Å². The molecular weight excluding hydrogens is 176 g/mol. The molecule has 4 nitrogen and oxygen atoms in total. The van der Waals surface area contributed by atoms with Crippen LogP contribution in [0.2, 0.25) is 0 Å². The highest BCUT2D eigenvalue weighted by Crippen LogP contribution is 2.03. The van der Waals surface area contributed by atoms with Crippen LogP contribution in [0.25, 0.3) is 0 Å². The summed E-state index contributed by atoms with van der Waals surface area (Å²) in [5.74, 6) is 0. The van der Waals surface area contributed by atoms with Crippen molar-refractivity contribution in [2.24, 2.45) is 10.2 Å². The molecule has 0 saturated carbocycles. The molecule has 1 atom stereocenters. The minimum Gasteiger partial charge on any atom is -0.198 e. The summed E-state index contributed by atoms with van der Waals surface area (Å²) in [6, 6.07) is 2.99. The largest absolute Gasteiger partial charge is 0.198 e. The Bertz CT molecular complexity index is 338. The Hall–Kier alpha value is -2.20. The van der Waals surface area contributed by atoms with E-state index in [9.17, 15) is 0 Å². The fraction of sp³-hybridized carbons (Fsp3) is 0.200. The maximum absolute atomic E-state index is 8.55. The second-order valence-electron chi connectivity index (χ2n) is 2.25. The molecule has 0 aromatic carbocycles. The van der Waals surface area contributed by atoms with Gasteiger partial charge in [-0.2, -0.15) is 20.8 Å². The quantitative estimate of drug-likeness (QED) is 0.488. The molecule has 0 aromatic rings. The van der Waals surface area contributed by atoms with Gasteiger partial charge in [-0.25, -0.2) is 0 Å². The van der Waals surface area contributed by atoms with Crippen molar-refractivity contribution in [1.82, 2.24) is 0 Å². The molecule has 14 heavy (non-hydrogen) atoms. The van der Waals surface area contributed by atoms with Crippen LogP contribution in [0.5, 0.6) is 0 Å². The molecule has 0 rings (SSSR count). The van der Waals surface area contributed by atoms with E-state index in [0.717, 1.165) is 0 Å². The number of nitriles is 2. The summed E-state index contributed by atoms with van der Waals surface area (Å²) in [6.45, 7) is 7.00. The van der Waals surface area contributed by atoms with E-state index in [1.165, 1.54) is 6.08 Å². The van der Waals surface area contributed by atoms with E-state index < -0.39 is 6.04 Å². The lowest BCUT2D eigenvalue weighted by Crippen LogP contribution is -1.96. The Morgan fingerprint density at radius 2 is 2.14 bits per heavy atom. The highest BCUT2D eigenvalue weighted by atomic mass is 15.1. The summed E-state index contributed by atoms with van der Waals surface area (Å²) >= 11 is 0. The van der Waals surface area contributed by atoms with Crippen molar-refractivity contribution < 1.29 is 0 Å². The first-order chi connectivity index (χ1) is 6.78. The zero-order chi connectivity index (χ0) is 10.8. The van der Waals surface area contributed by atoms with Crippen LogP contribution >= 0.6 is 0 Å². The zero-order valence-electron chi connectivity index (χ0n) is 7.72. The van der Waals surface area contributed by atoms with Gasteiger partial charge in [0.15, 0.2) is 6.04 Å². The number of azo groups is 1. The number of hydrogen-bond acceptors (Lipinski definition) is 4. The summed E-state index contributed by atoms with van der Waals surface area (Å²) in [4.78, 5) is 0. The van der Waals surface area contributed by atoms with Gasteiger partial charge >= 0.3 is 0 Å². The van der Waals surface area contributed by atoms with Crippen LogP contribution in [0.15, 0.2) is 47.3 Å². The predicted octanol–water partition coefficient (Wildman–Crippen LogP) is 2.50. The second-order valence-corrected chi connectivity index (χ2v) is 2.25. The first kappa shape index (κ1) is 11.8. The van der Waals surface area contributed by atoms with Crippen LogP contribution in [0.3, 0.4) is 0 Å². The molecule has 4 heteroatoms. The van der Waals surface area contributed by atoms with E-state index in [2.05, 4.69) is 23.4 Å². The molecule has 0 aliphatic rings. The summed E-state index contributed by atoms with van der Waals surface area (Å²) in [6.07, 6.45) is 4.68. The molecule has 0 saturated heterocycles. The van der Waals surface area contributed by atoms with E-state index >= 15 is 0 Å². The van der Waals surface area contributed by atoms with E-state index in [4.69, 9.17) is 10.5 Å². The molecule has 0 heterocycles. The van der Waals surface area contributed by atoms with Crippen molar-refractivity contribution in [3.8, 4) is 12.1 Å². The van der Waals surface area contributed by atoms with Crippen LogP contribution in [-0.4, -0.2) is 6.04 Å². The third kappa shape index (κ3) is 4.63. The molecular formula is C10H10N4. The van der Waals surface area contributed by atoms with Gasteiger partial charge in [-0.15, -0.1) is 0 Å². The minimum atomic E-state index is -0.715. The Labute approximate surface area is 83.2 Å². The summed E-state index contributed by atoms with van der Waals surface area (Å²) in [5.41, 5.74) is 0.512. The van der Waals surface area contributed by atoms with Gasteiger partial charge in [0.1, 0.15) is 0 Å². The van der Waals surface area contributed by atoms with Crippen molar-refractivity contribution in [2.75, 3.05) is 0 Å². The van der Waals surface area contributed by atoms with Gasteiger partial charge in [0.05, 0.1) is 24.3 Å². The van der Waals surface area contributed by atoms with Crippen LogP contribution in [0.4, 0.5) is 0 Å². The third-order valence-corrected chi connectivity index (χ3v) is 1.24. The van der Waals surface area contributed by atoms with E-state index in [1.807, 2.05) is 12.1 Å². The molecule has 0 bridgehead atoms. The molecule has 70 valence electrons. The van der Waals surface area contributed by atoms with Crippen molar-refractivity contribution in [1.29, 1.82) is 10.5 Å². The van der Waals surface area contributed by atoms with Gasteiger partial charge in [0.25, 0.3) is 0 Å². The standard InChI is InChI=1S/C10H10N4/c1-3-5-9(4-2)13-14-10(8-12)6-7-11/h3-5,10H,1-2,6H2/b9-5+,14-13?. The van der Waals surface area contributed by atoms with Crippen LogP contribution in [0, 0.1) is 22.7 Å². The van der Waals surface area contributed by atoms with E-state index in [-0.39, 0.29) is 6.42 Å². The molecule has 1 unspecified atom stereocenters. The monoisotopic (exact) mass is 186 g/mol. The van der Waals surface area contributed by atoms with Crippen molar-refractivity contribution in [3.05, 3.63) is 37.1 Å². The second kappa shape index (κ2) is 7.45. The molecule has 0 spiro atoms. The van der Waals surface area contributed by atoms with E-state index in [1.54, 1.807) is 12.2 Å².